The normalized spacial score (nSPS) is 18.9. The van der Waals surface area contributed by atoms with E-state index in [2.05, 4.69) is 17.6 Å². The van der Waals surface area contributed by atoms with Crippen LogP contribution in [-0.4, -0.2) is 35.5 Å². The van der Waals surface area contributed by atoms with E-state index in [-0.39, 0.29) is 18.0 Å². The van der Waals surface area contributed by atoms with E-state index in [0.717, 1.165) is 24.8 Å². The highest BCUT2D eigenvalue weighted by Gasteiger charge is 2.36. The first-order chi connectivity index (χ1) is 16.3. The van der Waals surface area contributed by atoms with E-state index in [1.54, 1.807) is 25.7 Å². The maximum absolute atomic E-state index is 13.1. The number of nitrogens with zero attached hydrogens (tertiary/aromatic N) is 1. The molecule has 34 heavy (non-hydrogen) atoms. The summed E-state index contributed by atoms with van der Waals surface area (Å²) in [4.78, 5) is 40.1. The Kier molecular flexibility index (Phi) is 9.13. The Balaban J connectivity index is 1.81. The van der Waals surface area contributed by atoms with Crippen LogP contribution in [0.4, 0.5) is 10.5 Å². The number of hydrogen-bond acceptors (Lipinski definition) is 4. The summed E-state index contributed by atoms with van der Waals surface area (Å²) in [5, 5.41) is 5.97. The van der Waals surface area contributed by atoms with Gasteiger partial charge in [-0.2, -0.15) is 0 Å². The smallest absolute Gasteiger partial charge is 0.338 e. The molecule has 0 aromatic heterocycles. The zero-order chi connectivity index (χ0) is 24.7. The molecular weight excluding hydrogens is 430 g/mol. The summed E-state index contributed by atoms with van der Waals surface area (Å²) < 4.78 is 5.53. The molecule has 7 heteroatoms. The van der Waals surface area contributed by atoms with Crippen molar-refractivity contribution in [2.24, 2.45) is 5.92 Å². The highest BCUT2D eigenvalue weighted by atomic mass is 16.5. The zero-order valence-corrected chi connectivity index (χ0v) is 21.0. The number of allylic oxidation sites excluding steroid dienone is 1. The van der Waals surface area contributed by atoms with Gasteiger partial charge in [-0.05, 0) is 57.2 Å². The second-order valence-corrected chi connectivity index (χ2v) is 9.70. The largest absolute Gasteiger partial charge is 0.459 e. The first kappa shape index (κ1) is 25.8. The number of amides is 3. The van der Waals surface area contributed by atoms with Crippen LogP contribution in [0.25, 0.3) is 0 Å². The van der Waals surface area contributed by atoms with Gasteiger partial charge in [0.25, 0.3) is 0 Å². The lowest BCUT2D eigenvalue weighted by Gasteiger charge is -2.35. The third-order valence-corrected chi connectivity index (χ3v) is 6.65. The van der Waals surface area contributed by atoms with Crippen molar-refractivity contribution in [1.82, 2.24) is 10.2 Å². The molecule has 1 saturated carbocycles. The second-order valence-electron chi connectivity index (χ2n) is 9.70. The summed E-state index contributed by atoms with van der Waals surface area (Å²) in [6, 6.07) is 6.47. The average Bonchev–Trinajstić information content (AvgIpc) is 3.30. The van der Waals surface area contributed by atoms with Gasteiger partial charge < -0.3 is 15.4 Å². The van der Waals surface area contributed by atoms with Crippen LogP contribution in [0.15, 0.2) is 35.5 Å². The fraction of sp³-hybridized carbons (Fsp3) is 0.593. The van der Waals surface area contributed by atoms with E-state index < -0.39 is 12.0 Å². The van der Waals surface area contributed by atoms with Crippen LogP contribution in [0.3, 0.4) is 0 Å². The molecular formula is C27H39N3O4. The number of nitrogens with one attached hydrogen (secondary N) is 2. The van der Waals surface area contributed by atoms with Gasteiger partial charge in [-0.1, -0.05) is 51.2 Å². The van der Waals surface area contributed by atoms with Crippen LogP contribution in [0.1, 0.15) is 90.7 Å². The average molecular weight is 470 g/mol. The minimum Gasteiger partial charge on any atom is -0.459 e. The third-order valence-electron chi connectivity index (χ3n) is 6.65. The zero-order valence-electron chi connectivity index (χ0n) is 21.0. The molecule has 1 aromatic carbocycles. The van der Waals surface area contributed by atoms with Crippen LogP contribution in [0, 0.1) is 5.92 Å². The minimum absolute atomic E-state index is 0.00589. The molecule has 1 fully saturated rings. The van der Waals surface area contributed by atoms with Crippen molar-refractivity contribution in [3.8, 4) is 0 Å². The number of carbonyl (C=O) groups is 3. The second kappa shape index (κ2) is 12.0. The molecule has 186 valence electrons. The van der Waals surface area contributed by atoms with Crippen molar-refractivity contribution < 1.29 is 19.1 Å². The SMILES string of the molecule is CCCCN1C(=O)NC(c2cccc(NC(=O)CCC3CCCC3)c2)C(C(=O)OC(C)C)=C1C. The maximum atomic E-state index is 13.1. The molecule has 0 bridgehead atoms. The maximum Gasteiger partial charge on any atom is 0.338 e. The molecule has 1 aliphatic carbocycles. The molecule has 0 saturated heterocycles. The standard InChI is InChI=1S/C27H39N3O4/c1-5-6-16-30-19(4)24(26(32)34-18(2)3)25(29-27(30)33)21-12-9-13-22(17-21)28-23(31)15-14-20-10-7-8-11-20/h9,12-13,17-18,20,25H,5-8,10-11,14-16H2,1-4H3,(H,28,31)(H,29,33). The minimum atomic E-state index is -0.646. The summed E-state index contributed by atoms with van der Waals surface area (Å²) in [6.45, 7) is 8.01. The van der Waals surface area contributed by atoms with E-state index in [9.17, 15) is 14.4 Å². The Labute approximate surface area is 203 Å². The molecule has 1 aromatic rings. The Bertz CT molecular complexity index is 918. The Morgan fingerprint density at radius 3 is 2.65 bits per heavy atom. The highest BCUT2D eigenvalue weighted by Crippen LogP contribution is 2.33. The van der Waals surface area contributed by atoms with Crippen molar-refractivity contribution in [1.29, 1.82) is 0 Å². The molecule has 2 N–H and O–H groups in total. The van der Waals surface area contributed by atoms with Crippen LogP contribution < -0.4 is 10.6 Å². The molecule has 1 atom stereocenters. The number of benzene rings is 1. The first-order valence-electron chi connectivity index (χ1n) is 12.7. The van der Waals surface area contributed by atoms with Gasteiger partial charge in [0.15, 0.2) is 0 Å². The predicted octanol–water partition coefficient (Wildman–Crippen LogP) is 5.69. The first-order valence-corrected chi connectivity index (χ1v) is 12.7. The molecule has 2 aliphatic rings. The fourth-order valence-corrected chi connectivity index (χ4v) is 4.81. The van der Waals surface area contributed by atoms with Gasteiger partial charge in [-0.25, -0.2) is 9.59 Å². The predicted molar refractivity (Wildman–Crippen MR) is 133 cm³/mol. The Morgan fingerprint density at radius 2 is 1.97 bits per heavy atom. The van der Waals surface area contributed by atoms with E-state index in [1.165, 1.54) is 25.7 Å². The number of unbranched alkanes of at least 4 members (excludes halogenated alkanes) is 1. The quantitative estimate of drug-likeness (QED) is 0.431. The number of esters is 1. The van der Waals surface area contributed by atoms with Crippen LogP contribution >= 0.6 is 0 Å². The van der Waals surface area contributed by atoms with E-state index in [0.29, 0.717) is 35.8 Å². The summed E-state index contributed by atoms with van der Waals surface area (Å²) >= 11 is 0. The van der Waals surface area contributed by atoms with E-state index in [4.69, 9.17) is 4.74 Å². The lowest BCUT2D eigenvalue weighted by Crippen LogP contribution is -2.48. The van der Waals surface area contributed by atoms with Crippen molar-refractivity contribution in [3.63, 3.8) is 0 Å². The number of urea groups is 1. The van der Waals surface area contributed by atoms with Crippen LogP contribution in [-0.2, 0) is 14.3 Å². The molecule has 1 unspecified atom stereocenters. The molecule has 7 nitrogen and oxygen atoms in total. The topological polar surface area (TPSA) is 87.7 Å². The monoisotopic (exact) mass is 469 g/mol. The van der Waals surface area contributed by atoms with Gasteiger partial charge in [-0.15, -0.1) is 0 Å². The lowest BCUT2D eigenvalue weighted by atomic mass is 9.94. The van der Waals surface area contributed by atoms with E-state index in [1.807, 2.05) is 24.3 Å². The lowest BCUT2D eigenvalue weighted by molar-refractivity contribution is -0.143. The van der Waals surface area contributed by atoms with Crippen molar-refractivity contribution in [2.45, 2.75) is 91.2 Å². The summed E-state index contributed by atoms with van der Waals surface area (Å²) in [6.07, 6.45) is 7.91. The molecule has 1 aliphatic heterocycles. The van der Waals surface area contributed by atoms with Gasteiger partial charge >= 0.3 is 12.0 Å². The Hall–Kier alpha value is -2.83. The van der Waals surface area contributed by atoms with Gasteiger partial charge in [0.2, 0.25) is 5.91 Å². The summed E-state index contributed by atoms with van der Waals surface area (Å²) in [5.74, 6) is 0.214. The molecule has 0 radical (unpaired) electrons. The summed E-state index contributed by atoms with van der Waals surface area (Å²) in [5.41, 5.74) is 2.42. The van der Waals surface area contributed by atoms with Crippen molar-refractivity contribution in [2.75, 3.05) is 11.9 Å². The number of rotatable bonds is 10. The van der Waals surface area contributed by atoms with Crippen molar-refractivity contribution >= 4 is 23.6 Å². The van der Waals surface area contributed by atoms with Crippen molar-refractivity contribution in [3.05, 3.63) is 41.1 Å². The molecule has 3 amide bonds. The molecule has 3 rings (SSSR count). The van der Waals surface area contributed by atoms with Crippen LogP contribution in [0.2, 0.25) is 0 Å². The molecule has 0 spiro atoms. The third kappa shape index (κ3) is 6.61. The van der Waals surface area contributed by atoms with Gasteiger partial charge in [0.05, 0.1) is 17.7 Å². The number of carbonyl (C=O) groups excluding carboxylic acids is 3. The van der Waals surface area contributed by atoms with Gasteiger partial charge in [-0.3, -0.25) is 9.69 Å². The summed E-state index contributed by atoms with van der Waals surface area (Å²) in [7, 11) is 0. The number of ether oxygens (including phenoxy) is 1. The van der Waals surface area contributed by atoms with E-state index >= 15 is 0 Å². The highest BCUT2D eigenvalue weighted by molar-refractivity contribution is 5.95. The van der Waals surface area contributed by atoms with Gasteiger partial charge in [0.1, 0.15) is 0 Å². The number of anilines is 1. The number of hydrogen-bond donors (Lipinski definition) is 2. The van der Waals surface area contributed by atoms with Crippen LogP contribution in [0.5, 0.6) is 0 Å². The molecule has 1 heterocycles. The van der Waals surface area contributed by atoms with Gasteiger partial charge in [0, 0.05) is 24.4 Å². The Morgan fingerprint density at radius 1 is 1.24 bits per heavy atom. The fourth-order valence-electron chi connectivity index (χ4n) is 4.81.